The van der Waals surface area contributed by atoms with Crippen molar-refractivity contribution in [1.82, 2.24) is 0 Å². The number of hydrogen-bond acceptors (Lipinski definition) is 8. The Morgan fingerprint density at radius 3 is 1.76 bits per heavy atom. The van der Waals surface area contributed by atoms with Gasteiger partial charge in [-0.2, -0.15) is 0 Å². The summed E-state index contributed by atoms with van der Waals surface area (Å²) >= 11 is 0. The van der Waals surface area contributed by atoms with E-state index in [-0.39, 0.29) is 26.1 Å². The van der Waals surface area contributed by atoms with Crippen molar-refractivity contribution in [2.75, 3.05) is 47.5 Å². The molecule has 0 radical (unpaired) electrons. The van der Waals surface area contributed by atoms with Crippen LogP contribution in [0.25, 0.3) is 0 Å². The van der Waals surface area contributed by atoms with Crippen molar-refractivity contribution < 1.29 is 47.2 Å². The zero-order valence-corrected chi connectivity index (χ0v) is 38.7. The average Bonchev–Trinajstić information content (AvgIpc) is 3.18. The Balaban J connectivity index is 4.52. The van der Waals surface area contributed by atoms with Crippen LogP contribution in [0, 0.1) is 0 Å². The first-order valence-corrected chi connectivity index (χ1v) is 24.3. The summed E-state index contributed by atoms with van der Waals surface area (Å²) in [6.45, 7) is 4.14. The Kier molecular flexibility index (Phi) is 37.8. The van der Waals surface area contributed by atoms with Crippen LogP contribution in [0.1, 0.15) is 162 Å². The van der Waals surface area contributed by atoms with Gasteiger partial charge >= 0.3 is 19.8 Å². The quantitative estimate of drug-likeness (QED) is 0.0155. The lowest BCUT2D eigenvalue weighted by molar-refractivity contribution is -0.870. The van der Waals surface area contributed by atoms with Crippen molar-refractivity contribution >= 4 is 19.8 Å². The maximum Gasteiger partial charge on any atom is 0.472 e. The second kappa shape index (κ2) is 39.5. The van der Waals surface area contributed by atoms with Crippen molar-refractivity contribution in [2.45, 2.75) is 174 Å². The van der Waals surface area contributed by atoms with Crippen LogP contribution in [-0.4, -0.2) is 86.1 Å². The Morgan fingerprint density at radius 1 is 0.627 bits per heavy atom. The summed E-state index contributed by atoms with van der Waals surface area (Å²) in [6, 6.07) is 0. The molecular weight excluding hydrogens is 765 g/mol. The van der Waals surface area contributed by atoms with Crippen molar-refractivity contribution in [1.29, 1.82) is 0 Å². The summed E-state index contributed by atoms with van der Waals surface area (Å²) in [5.41, 5.74) is 0. The first kappa shape index (κ1) is 56.4. The van der Waals surface area contributed by atoms with E-state index in [4.69, 9.17) is 18.5 Å². The molecule has 11 heteroatoms. The molecule has 3 atom stereocenters. The minimum Gasteiger partial charge on any atom is -0.462 e. The third-order valence-electron chi connectivity index (χ3n) is 9.34. The fourth-order valence-electron chi connectivity index (χ4n) is 5.77. The highest BCUT2D eigenvalue weighted by atomic mass is 31.2. The van der Waals surface area contributed by atoms with Gasteiger partial charge in [0.05, 0.1) is 33.9 Å². The number of carbonyl (C=O) groups excluding carboxylic acids is 2. The molecule has 10 nitrogen and oxygen atoms in total. The molecule has 0 amide bonds. The molecule has 0 aliphatic carbocycles. The number of carbonyl (C=O) groups is 2. The van der Waals surface area contributed by atoms with Crippen LogP contribution in [0.4, 0.5) is 0 Å². The summed E-state index contributed by atoms with van der Waals surface area (Å²) in [5.74, 6) is -0.928. The topological polar surface area (TPSA) is 129 Å². The van der Waals surface area contributed by atoms with Gasteiger partial charge < -0.3 is 24.0 Å². The SMILES string of the molecule is CC/C=C\C/C=C\CC(O)/C=C/C=C\C/C=C\C/C=C\CCC(=O)OC[C@H](COP(=O)(O)OCC[N+](C)(C)C)OC(=O)CCCCCCCCCCCCCCCCC. The molecule has 0 saturated heterocycles. The predicted octanol–water partition coefficient (Wildman–Crippen LogP) is 12.0. The van der Waals surface area contributed by atoms with Crippen LogP contribution in [0.3, 0.4) is 0 Å². The first-order valence-electron chi connectivity index (χ1n) is 22.8. The lowest BCUT2D eigenvalue weighted by Gasteiger charge is -2.24. The van der Waals surface area contributed by atoms with Gasteiger partial charge in [0, 0.05) is 12.8 Å². The molecular formula is C48H85NO9P+. The number of unbranched alkanes of at least 4 members (excludes halogenated alkanes) is 14. The van der Waals surface area contributed by atoms with Gasteiger partial charge in [-0.1, -0.05) is 177 Å². The molecule has 0 aromatic carbocycles. The van der Waals surface area contributed by atoms with Crippen molar-refractivity contribution in [2.24, 2.45) is 0 Å². The number of aliphatic hydroxyl groups excluding tert-OH is 1. The van der Waals surface area contributed by atoms with E-state index in [2.05, 4.69) is 38.2 Å². The monoisotopic (exact) mass is 851 g/mol. The number of likely N-dealkylation sites (N-methyl/N-ethyl adjacent to an activating group) is 1. The average molecular weight is 851 g/mol. The van der Waals surface area contributed by atoms with Crippen LogP contribution in [0.5, 0.6) is 0 Å². The first-order chi connectivity index (χ1) is 28.4. The van der Waals surface area contributed by atoms with Crippen LogP contribution in [0.15, 0.2) is 72.9 Å². The Labute approximate surface area is 360 Å². The maximum absolute atomic E-state index is 12.7. The summed E-state index contributed by atoms with van der Waals surface area (Å²) < 4.78 is 34.2. The minimum atomic E-state index is -4.40. The fourth-order valence-corrected chi connectivity index (χ4v) is 6.51. The molecule has 2 unspecified atom stereocenters. The van der Waals surface area contributed by atoms with Gasteiger partial charge in [0.2, 0.25) is 0 Å². The van der Waals surface area contributed by atoms with Crippen molar-refractivity contribution in [3.63, 3.8) is 0 Å². The van der Waals surface area contributed by atoms with Crippen LogP contribution < -0.4 is 0 Å². The Hall–Kier alpha value is -2.59. The number of ether oxygens (including phenoxy) is 2. The van der Waals surface area contributed by atoms with Crippen LogP contribution >= 0.6 is 7.82 Å². The molecule has 0 saturated carbocycles. The molecule has 0 aromatic rings. The number of quaternary nitrogens is 1. The summed E-state index contributed by atoms with van der Waals surface area (Å²) in [4.78, 5) is 35.4. The van der Waals surface area contributed by atoms with E-state index in [1.165, 1.54) is 70.6 Å². The number of esters is 2. The van der Waals surface area contributed by atoms with Gasteiger partial charge in [-0.15, -0.1) is 0 Å². The Morgan fingerprint density at radius 2 is 1.17 bits per heavy atom. The van der Waals surface area contributed by atoms with Gasteiger partial charge in [-0.05, 0) is 44.9 Å². The number of aliphatic hydroxyl groups is 1. The van der Waals surface area contributed by atoms with E-state index in [0.29, 0.717) is 30.3 Å². The van der Waals surface area contributed by atoms with Gasteiger partial charge in [0.25, 0.3) is 0 Å². The van der Waals surface area contributed by atoms with Gasteiger partial charge in [-0.3, -0.25) is 18.6 Å². The van der Waals surface area contributed by atoms with Crippen molar-refractivity contribution in [3.8, 4) is 0 Å². The summed E-state index contributed by atoms with van der Waals surface area (Å²) in [6.07, 6.45) is 45.6. The molecule has 0 heterocycles. The minimum absolute atomic E-state index is 0.00998. The molecule has 0 spiro atoms. The smallest absolute Gasteiger partial charge is 0.462 e. The molecule has 0 aliphatic rings. The van der Waals surface area contributed by atoms with Gasteiger partial charge in [0.15, 0.2) is 6.10 Å². The fraction of sp³-hybridized carbons (Fsp3) is 0.708. The molecule has 0 fully saturated rings. The van der Waals surface area contributed by atoms with Crippen LogP contribution in [0.2, 0.25) is 0 Å². The molecule has 340 valence electrons. The number of phosphoric acid groups is 1. The maximum atomic E-state index is 12.7. The zero-order valence-electron chi connectivity index (χ0n) is 37.8. The van der Waals surface area contributed by atoms with Gasteiger partial charge in [-0.25, -0.2) is 4.57 Å². The van der Waals surface area contributed by atoms with E-state index >= 15 is 0 Å². The molecule has 0 rings (SSSR count). The molecule has 59 heavy (non-hydrogen) atoms. The standard InChI is InChI=1S/C48H84NO9P/c1-6-8-10-12-14-15-16-17-18-19-20-25-28-32-36-40-48(52)58-46(44-57-59(53,54)56-42-41-49(3,4)5)43-55-47(51)39-35-31-27-24-22-21-23-26-30-34-38-45(50)37-33-29-13-11-9-7-2/h9,11,21-22,26-27,29-31,33-34,38,45-46,50H,6-8,10,12-20,23-25,28,32,35-37,39-44H2,1-5H3/p+1/b11-9-,22-21-,30-26-,31-27-,33-29-,38-34+/t45?,46-/m1/s1. The zero-order chi connectivity index (χ0) is 43.7. The predicted molar refractivity (Wildman–Crippen MR) is 244 cm³/mol. The largest absolute Gasteiger partial charge is 0.472 e. The molecule has 0 aliphatic heterocycles. The van der Waals surface area contributed by atoms with E-state index in [9.17, 15) is 24.2 Å². The normalized spacial score (nSPS) is 14.8. The molecule has 2 N–H and O–H groups in total. The highest BCUT2D eigenvalue weighted by molar-refractivity contribution is 7.47. The molecule has 0 aromatic heterocycles. The molecule has 0 bridgehead atoms. The Bertz CT molecular complexity index is 1250. The highest BCUT2D eigenvalue weighted by Gasteiger charge is 2.27. The number of allylic oxidation sites excluding steroid dienone is 10. The highest BCUT2D eigenvalue weighted by Crippen LogP contribution is 2.43. The summed E-state index contributed by atoms with van der Waals surface area (Å²) in [5, 5.41) is 10.0. The second-order valence-electron chi connectivity index (χ2n) is 16.3. The number of hydrogen-bond donors (Lipinski definition) is 2. The lowest BCUT2D eigenvalue weighted by atomic mass is 10.0. The van der Waals surface area contributed by atoms with Crippen LogP contribution in [-0.2, 0) is 32.7 Å². The third kappa shape index (κ3) is 43.3. The van der Waals surface area contributed by atoms with E-state index in [1.54, 1.807) is 6.08 Å². The second-order valence-corrected chi connectivity index (χ2v) is 17.7. The van der Waals surface area contributed by atoms with E-state index in [0.717, 1.165) is 44.9 Å². The van der Waals surface area contributed by atoms with Crippen molar-refractivity contribution in [3.05, 3.63) is 72.9 Å². The van der Waals surface area contributed by atoms with Gasteiger partial charge in [0.1, 0.15) is 19.8 Å². The van der Waals surface area contributed by atoms with E-state index < -0.39 is 38.6 Å². The number of phosphoric ester groups is 1. The number of nitrogens with zero attached hydrogens (tertiary/aromatic N) is 1. The summed E-state index contributed by atoms with van der Waals surface area (Å²) in [7, 11) is 1.40. The number of rotatable bonds is 40. The van der Waals surface area contributed by atoms with E-state index in [1.807, 2.05) is 63.7 Å². The third-order valence-corrected chi connectivity index (χ3v) is 10.3. The lowest BCUT2D eigenvalue weighted by Crippen LogP contribution is -2.37.